The number of phosphoric acid groups is 1. The lowest BCUT2D eigenvalue weighted by atomic mass is 10.0. The summed E-state index contributed by atoms with van der Waals surface area (Å²) in [7, 11) is -4.61. The highest BCUT2D eigenvalue weighted by Gasteiger charge is 2.17. The Labute approximate surface area is 94.2 Å². The third-order valence-corrected chi connectivity index (χ3v) is 2.37. The lowest BCUT2D eigenvalue weighted by Crippen LogP contribution is -1.98. The van der Waals surface area contributed by atoms with E-state index in [1.54, 1.807) is 13.0 Å². The summed E-state index contributed by atoms with van der Waals surface area (Å²) in [6, 6.07) is 5.45. The molecule has 0 aliphatic rings. The number of rotatable bonds is 4. The van der Waals surface area contributed by atoms with Gasteiger partial charge in [-0.2, -0.15) is 0 Å². The van der Waals surface area contributed by atoms with Crippen LogP contribution >= 0.6 is 7.82 Å². The molecule has 0 aliphatic heterocycles. The van der Waals surface area contributed by atoms with E-state index in [-0.39, 0.29) is 0 Å². The summed E-state index contributed by atoms with van der Waals surface area (Å²) in [5.74, 6) is 0.618. The van der Waals surface area contributed by atoms with E-state index in [0.717, 1.165) is 11.1 Å². The molecule has 0 aromatic heterocycles. The van der Waals surface area contributed by atoms with Crippen LogP contribution in [-0.4, -0.2) is 9.79 Å². The molecule has 0 spiro atoms. The molecule has 5 nitrogen and oxygen atoms in total. The van der Waals surface area contributed by atoms with Crippen LogP contribution in [0.15, 0.2) is 18.2 Å². The van der Waals surface area contributed by atoms with Crippen LogP contribution in [0.2, 0.25) is 0 Å². The van der Waals surface area contributed by atoms with Crippen LogP contribution in [0.3, 0.4) is 0 Å². The van der Waals surface area contributed by atoms with Gasteiger partial charge in [-0.15, -0.1) is 0 Å². The van der Waals surface area contributed by atoms with Crippen molar-refractivity contribution in [1.82, 2.24) is 0 Å². The van der Waals surface area contributed by atoms with Crippen molar-refractivity contribution in [2.75, 3.05) is 0 Å². The normalized spacial score (nSPS) is 11.9. The minimum atomic E-state index is -4.61. The molecule has 0 aliphatic carbocycles. The number of hydrogen-bond acceptors (Lipinski definition) is 3. The fourth-order valence-electron chi connectivity index (χ4n) is 1.15. The maximum Gasteiger partial charge on any atom is 0.505 e. The summed E-state index contributed by atoms with van der Waals surface area (Å²) in [6.07, 6.45) is 0. The van der Waals surface area contributed by atoms with Crippen LogP contribution in [0, 0.1) is 6.92 Å². The van der Waals surface area contributed by atoms with Crippen molar-refractivity contribution in [2.45, 2.75) is 26.7 Å². The van der Waals surface area contributed by atoms with E-state index in [1.807, 2.05) is 26.0 Å². The van der Waals surface area contributed by atoms with Crippen molar-refractivity contribution in [3.05, 3.63) is 29.3 Å². The summed E-state index contributed by atoms with van der Waals surface area (Å²) in [6.45, 7) is 5.79. The zero-order valence-electron chi connectivity index (χ0n) is 9.38. The van der Waals surface area contributed by atoms with Crippen molar-refractivity contribution in [3.8, 4) is 5.75 Å². The quantitative estimate of drug-likeness (QED) is 0.485. The van der Waals surface area contributed by atoms with Crippen LogP contribution in [-0.2, 0) is 9.24 Å². The molecule has 0 atom stereocenters. The molecule has 0 heterocycles. The molecule has 0 unspecified atom stereocenters. The molecule has 6 heteroatoms. The molecule has 2 N–H and O–H groups in total. The third kappa shape index (κ3) is 3.94. The highest BCUT2D eigenvalue weighted by molar-refractivity contribution is 7.46. The molecule has 16 heavy (non-hydrogen) atoms. The number of hydrogen-bond donors (Lipinski definition) is 2. The molecule has 0 saturated heterocycles. The maximum absolute atomic E-state index is 10.5. The lowest BCUT2D eigenvalue weighted by molar-refractivity contribution is -0.123. The topological polar surface area (TPSA) is 76.0 Å². The number of benzene rings is 1. The van der Waals surface area contributed by atoms with Crippen LogP contribution in [0.5, 0.6) is 5.75 Å². The predicted molar refractivity (Wildman–Crippen MR) is 59.0 cm³/mol. The van der Waals surface area contributed by atoms with Crippen LogP contribution in [0.4, 0.5) is 0 Å². The van der Waals surface area contributed by atoms with Crippen LogP contribution in [0.1, 0.15) is 30.9 Å². The third-order valence-electron chi connectivity index (χ3n) is 2.10. The average Bonchev–Trinajstić information content (AvgIpc) is 2.14. The zero-order valence-corrected chi connectivity index (χ0v) is 10.3. The zero-order chi connectivity index (χ0) is 12.3. The molecular weight excluding hydrogens is 231 g/mol. The van der Waals surface area contributed by atoms with Gasteiger partial charge < -0.3 is 14.7 Å². The smallest absolute Gasteiger partial charge is 0.327 e. The predicted octanol–water partition coefficient (Wildman–Crippen LogP) is 2.52. The van der Waals surface area contributed by atoms with Gasteiger partial charge in [-0.3, -0.25) is 0 Å². The average molecular weight is 246 g/mol. The molecule has 0 saturated carbocycles. The molecular formula is C10H15O5P. The minimum Gasteiger partial charge on any atom is -0.327 e. The van der Waals surface area contributed by atoms with E-state index in [9.17, 15) is 4.57 Å². The summed E-state index contributed by atoms with van der Waals surface area (Å²) >= 11 is 0. The molecule has 1 aromatic rings. The number of aryl methyl sites for hydroxylation is 1. The minimum absolute atomic E-state index is 0.304. The second-order valence-electron chi connectivity index (χ2n) is 3.83. The van der Waals surface area contributed by atoms with Crippen molar-refractivity contribution in [3.63, 3.8) is 0 Å². The molecule has 1 rings (SSSR count). The van der Waals surface area contributed by atoms with Gasteiger partial charge in [0.15, 0.2) is 5.75 Å². The van der Waals surface area contributed by atoms with E-state index in [0.29, 0.717) is 11.7 Å². The Hall–Kier alpha value is -0.870. The van der Waals surface area contributed by atoms with Gasteiger partial charge >= 0.3 is 7.82 Å². The van der Waals surface area contributed by atoms with E-state index >= 15 is 0 Å². The molecule has 0 fully saturated rings. The van der Waals surface area contributed by atoms with Gasteiger partial charge in [0.25, 0.3) is 0 Å². The second kappa shape index (κ2) is 4.97. The first-order valence-corrected chi connectivity index (χ1v) is 6.35. The van der Waals surface area contributed by atoms with Gasteiger partial charge in [0, 0.05) is 0 Å². The fraction of sp³-hybridized carbons (Fsp3) is 0.400. The lowest BCUT2D eigenvalue weighted by Gasteiger charge is -2.11. The van der Waals surface area contributed by atoms with Gasteiger partial charge in [0.05, 0.1) is 0 Å². The van der Waals surface area contributed by atoms with Gasteiger partial charge in [0.1, 0.15) is 0 Å². The summed E-state index contributed by atoms with van der Waals surface area (Å²) in [4.78, 5) is 21.7. The Kier molecular flexibility index (Phi) is 4.10. The van der Waals surface area contributed by atoms with Crippen molar-refractivity contribution in [1.29, 1.82) is 0 Å². The Balaban J connectivity index is 2.86. The highest BCUT2D eigenvalue weighted by atomic mass is 31.2. The van der Waals surface area contributed by atoms with Gasteiger partial charge in [0.2, 0.25) is 0 Å². The molecule has 90 valence electrons. The van der Waals surface area contributed by atoms with E-state index in [2.05, 4.69) is 9.56 Å². The first-order chi connectivity index (χ1) is 7.29. The van der Waals surface area contributed by atoms with Gasteiger partial charge in [-0.25, -0.2) is 4.57 Å². The van der Waals surface area contributed by atoms with Crippen molar-refractivity contribution in [2.24, 2.45) is 0 Å². The molecule has 0 bridgehead atoms. The van der Waals surface area contributed by atoms with Gasteiger partial charge in [-0.05, 0) is 30.0 Å². The van der Waals surface area contributed by atoms with Gasteiger partial charge in [-0.1, -0.05) is 30.7 Å². The standard InChI is InChI=1S/C10H15O5P/c1-7(2)9-5-4-8(3)10(6-9)14-15-16(11,12)13/h4-7H,1-3H3,(H2,11,12,13). The monoisotopic (exact) mass is 246 g/mol. The fourth-order valence-corrected chi connectivity index (χ4v) is 1.33. The molecule has 0 radical (unpaired) electrons. The van der Waals surface area contributed by atoms with E-state index < -0.39 is 7.82 Å². The first kappa shape index (κ1) is 13.2. The largest absolute Gasteiger partial charge is 0.505 e. The van der Waals surface area contributed by atoms with Crippen molar-refractivity contribution < 1.29 is 23.9 Å². The Morgan fingerprint density at radius 2 is 1.94 bits per heavy atom. The molecule has 0 amide bonds. The maximum atomic E-state index is 10.5. The summed E-state index contributed by atoms with van der Waals surface area (Å²) < 4.78 is 14.5. The first-order valence-electron chi connectivity index (χ1n) is 4.82. The SMILES string of the molecule is Cc1ccc(C(C)C)cc1OOP(=O)(O)O. The Bertz CT molecular complexity index is 410. The Morgan fingerprint density at radius 3 is 2.44 bits per heavy atom. The van der Waals surface area contributed by atoms with Crippen molar-refractivity contribution >= 4 is 7.82 Å². The second-order valence-corrected chi connectivity index (χ2v) is 4.96. The summed E-state index contributed by atoms with van der Waals surface area (Å²) in [5, 5.41) is 0. The van der Waals surface area contributed by atoms with Crippen LogP contribution < -0.4 is 4.89 Å². The molecule has 1 aromatic carbocycles. The highest BCUT2D eigenvalue weighted by Crippen LogP contribution is 2.37. The Morgan fingerprint density at radius 1 is 1.31 bits per heavy atom. The van der Waals surface area contributed by atoms with E-state index in [4.69, 9.17) is 9.79 Å². The summed E-state index contributed by atoms with van der Waals surface area (Å²) in [5.41, 5.74) is 1.76. The van der Waals surface area contributed by atoms with Crippen LogP contribution in [0.25, 0.3) is 0 Å². The van der Waals surface area contributed by atoms with E-state index in [1.165, 1.54) is 0 Å².